The number of hydrogen-bond donors (Lipinski definition) is 2. The van der Waals surface area contributed by atoms with E-state index in [0.717, 1.165) is 30.2 Å². The zero-order valence-electron chi connectivity index (χ0n) is 10.9. The minimum atomic E-state index is 0.130. The number of aromatic nitrogens is 2. The molecule has 5 heteroatoms. The number of nitrogens with one attached hydrogen (secondary N) is 1. The monoisotopic (exact) mass is 248 g/mol. The molecule has 0 aliphatic rings. The molecule has 0 fully saturated rings. The molecule has 0 aromatic carbocycles. The van der Waals surface area contributed by atoms with Gasteiger partial charge in [0.15, 0.2) is 5.82 Å². The third kappa shape index (κ3) is 2.47. The molecular weight excluding hydrogens is 228 g/mol. The third-order valence-electron chi connectivity index (χ3n) is 2.95. The lowest BCUT2D eigenvalue weighted by Gasteiger charge is -2.17. The van der Waals surface area contributed by atoms with Gasteiger partial charge in [-0.15, -0.1) is 0 Å². The molecule has 98 valence electrons. The molecule has 2 aromatic heterocycles. The molecule has 0 atom stereocenters. The molecule has 0 amide bonds. The van der Waals surface area contributed by atoms with E-state index in [1.165, 1.54) is 0 Å². The minimum Gasteiger partial charge on any atom is -0.395 e. The van der Waals surface area contributed by atoms with Crippen molar-refractivity contribution in [1.29, 1.82) is 0 Å². The first-order valence-corrected chi connectivity index (χ1v) is 6.26. The van der Waals surface area contributed by atoms with E-state index in [0.29, 0.717) is 6.54 Å². The zero-order valence-corrected chi connectivity index (χ0v) is 10.9. The number of hydrogen-bond acceptors (Lipinski definition) is 4. The van der Waals surface area contributed by atoms with Gasteiger partial charge in [-0.05, 0) is 18.7 Å². The molecule has 0 aliphatic carbocycles. The maximum absolute atomic E-state index is 9.05. The highest BCUT2D eigenvalue weighted by molar-refractivity contribution is 5.55. The minimum absolute atomic E-state index is 0.130. The molecule has 0 saturated carbocycles. The summed E-state index contributed by atoms with van der Waals surface area (Å²) in [5, 5.41) is 12.4. The average molecular weight is 248 g/mol. The number of anilines is 1. The Morgan fingerprint density at radius 3 is 3.00 bits per heavy atom. The summed E-state index contributed by atoms with van der Waals surface area (Å²) in [5.74, 6) is 0.927. The van der Waals surface area contributed by atoms with Gasteiger partial charge in [0.25, 0.3) is 0 Å². The second-order valence-electron chi connectivity index (χ2n) is 4.24. The van der Waals surface area contributed by atoms with Gasteiger partial charge in [-0.1, -0.05) is 13.0 Å². The average Bonchev–Trinajstić information content (AvgIpc) is 2.75. The molecule has 0 spiro atoms. The molecule has 0 bridgehead atoms. The van der Waals surface area contributed by atoms with E-state index in [-0.39, 0.29) is 6.61 Å². The summed E-state index contributed by atoms with van der Waals surface area (Å²) in [6.07, 6.45) is 2.02. The molecule has 2 rings (SSSR count). The second-order valence-corrected chi connectivity index (χ2v) is 4.24. The molecule has 0 unspecified atom stereocenters. The van der Waals surface area contributed by atoms with Crippen LogP contribution in [0.3, 0.4) is 0 Å². The smallest absolute Gasteiger partial charge is 0.152 e. The van der Waals surface area contributed by atoms with E-state index in [1.54, 1.807) is 0 Å². The van der Waals surface area contributed by atoms with Crippen LogP contribution in [-0.2, 0) is 6.54 Å². The molecule has 0 saturated heterocycles. The highest BCUT2D eigenvalue weighted by Gasteiger charge is 2.14. The highest BCUT2D eigenvalue weighted by atomic mass is 16.3. The second kappa shape index (κ2) is 5.84. The van der Waals surface area contributed by atoms with Crippen molar-refractivity contribution in [2.75, 3.05) is 31.6 Å². The fourth-order valence-corrected chi connectivity index (χ4v) is 2.00. The summed E-state index contributed by atoms with van der Waals surface area (Å²) in [6, 6.07) is 5.97. The number of aliphatic hydroxyl groups is 1. The fourth-order valence-electron chi connectivity index (χ4n) is 2.00. The standard InChI is InChI=1S/C13H20N4O/c1-3-14-10-11-13(16(2)8-9-18)15-12-6-4-5-7-17(11)12/h4-7,14,18H,3,8-10H2,1-2H3. The van der Waals surface area contributed by atoms with Gasteiger partial charge in [0.1, 0.15) is 5.65 Å². The summed E-state index contributed by atoms with van der Waals surface area (Å²) in [4.78, 5) is 6.61. The van der Waals surface area contributed by atoms with Gasteiger partial charge in [0, 0.05) is 26.3 Å². The quantitative estimate of drug-likeness (QED) is 0.796. The Balaban J connectivity index is 2.42. The van der Waals surface area contributed by atoms with E-state index in [4.69, 9.17) is 5.11 Å². The largest absolute Gasteiger partial charge is 0.395 e. The molecule has 2 N–H and O–H groups in total. The lowest BCUT2D eigenvalue weighted by molar-refractivity contribution is 0.304. The van der Waals surface area contributed by atoms with Crippen molar-refractivity contribution in [3.63, 3.8) is 0 Å². The summed E-state index contributed by atoms with van der Waals surface area (Å²) in [6.45, 7) is 4.49. The number of fused-ring (bicyclic) bond motifs is 1. The molecule has 18 heavy (non-hydrogen) atoms. The van der Waals surface area contributed by atoms with Crippen LogP contribution in [0.5, 0.6) is 0 Å². The van der Waals surface area contributed by atoms with Crippen molar-refractivity contribution >= 4 is 11.5 Å². The number of imidazole rings is 1. The molecule has 2 aromatic rings. The Hall–Kier alpha value is -1.59. The van der Waals surface area contributed by atoms with Crippen LogP contribution < -0.4 is 10.2 Å². The van der Waals surface area contributed by atoms with Gasteiger partial charge in [-0.25, -0.2) is 4.98 Å². The van der Waals surface area contributed by atoms with E-state index < -0.39 is 0 Å². The Labute approximate surface area is 107 Å². The predicted molar refractivity (Wildman–Crippen MR) is 72.9 cm³/mol. The Kier molecular flexibility index (Phi) is 4.17. The van der Waals surface area contributed by atoms with E-state index >= 15 is 0 Å². The zero-order chi connectivity index (χ0) is 13.0. The normalized spacial score (nSPS) is 11.1. The lowest BCUT2D eigenvalue weighted by atomic mass is 10.3. The van der Waals surface area contributed by atoms with Crippen molar-refractivity contribution in [1.82, 2.24) is 14.7 Å². The molecule has 0 radical (unpaired) electrons. The number of nitrogens with zero attached hydrogens (tertiary/aromatic N) is 3. The van der Waals surface area contributed by atoms with Crippen molar-refractivity contribution in [3.05, 3.63) is 30.1 Å². The first-order valence-electron chi connectivity index (χ1n) is 6.26. The summed E-state index contributed by atoms with van der Waals surface area (Å²) < 4.78 is 2.09. The van der Waals surface area contributed by atoms with Crippen LogP contribution in [0, 0.1) is 0 Å². The number of pyridine rings is 1. The Morgan fingerprint density at radius 1 is 1.44 bits per heavy atom. The predicted octanol–water partition coefficient (Wildman–Crippen LogP) is 0.872. The van der Waals surface area contributed by atoms with E-state index in [1.807, 2.05) is 36.3 Å². The van der Waals surface area contributed by atoms with Crippen LogP contribution in [0.2, 0.25) is 0 Å². The summed E-state index contributed by atoms with van der Waals surface area (Å²) >= 11 is 0. The molecular formula is C13H20N4O. The molecule has 5 nitrogen and oxygen atoms in total. The van der Waals surface area contributed by atoms with Gasteiger partial charge in [-0.2, -0.15) is 0 Å². The first-order chi connectivity index (χ1) is 8.77. The summed E-state index contributed by atoms with van der Waals surface area (Å²) in [7, 11) is 1.95. The number of aliphatic hydroxyl groups excluding tert-OH is 1. The SMILES string of the molecule is CCNCc1c(N(C)CCO)nc2ccccn12. The van der Waals surface area contributed by atoms with Crippen LogP contribution in [-0.4, -0.2) is 41.2 Å². The van der Waals surface area contributed by atoms with Crippen LogP contribution in [0.25, 0.3) is 5.65 Å². The maximum Gasteiger partial charge on any atom is 0.152 e. The first kappa shape index (κ1) is 12.9. The van der Waals surface area contributed by atoms with Crippen molar-refractivity contribution < 1.29 is 5.11 Å². The van der Waals surface area contributed by atoms with Gasteiger partial charge < -0.3 is 19.7 Å². The van der Waals surface area contributed by atoms with Crippen molar-refractivity contribution in [2.45, 2.75) is 13.5 Å². The van der Waals surface area contributed by atoms with E-state index in [9.17, 15) is 0 Å². The van der Waals surface area contributed by atoms with Gasteiger partial charge in [0.2, 0.25) is 0 Å². The van der Waals surface area contributed by atoms with Gasteiger partial charge >= 0.3 is 0 Å². The van der Waals surface area contributed by atoms with Crippen molar-refractivity contribution in [2.24, 2.45) is 0 Å². The highest BCUT2D eigenvalue weighted by Crippen LogP contribution is 2.20. The molecule has 2 heterocycles. The Bertz CT molecular complexity index is 509. The lowest BCUT2D eigenvalue weighted by Crippen LogP contribution is -2.24. The van der Waals surface area contributed by atoms with Crippen LogP contribution in [0.15, 0.2) is 24.4 Å². The van der Waals surface area contributed by atoms with E-state index in [2.05, 4.69) is 21.6 Å². The van der Waals surface area contributed by atoms with Gasteiger partial charge in [0.05, 0.1) is 12.3 Å². The van der Waals surface area contributed by atoms with Crippen LogP contribution in [0.4, 0.5) is 5.82 Å². The number of rotatable bonds is 6. The maximum atomic E-state index is 9.05. The van der Waals surface area contributed by atoms with Crippen LogP contribution >= 0.6 is 0 Å². The number of likely N-dealkylation sites (N-methyl/N-ethyl adjacent to an activating group) is 1. The topological polar surface area (TPSA) is 52.8 Å². The van der Waals surface area contributed by atoms with Crippen molar-refractivity contribution in [3.8, 4) is 0 Å². The molecule has 0 aliphatic heterocycles. The Morgan fingerprint density at radius 2 is 2.28 bits per heavy atom. The summed E-state index contributed by atoms with van der Waals surface area (Å²) in [5.41, 5.74) is 2.06. The fraction of sp³-hybridized carbons (Fsp3) is 0.462. The van der Waals surface area contributed by atoms with Gasteiger partial charge in [-0.3, -0.25) is 0 Å². The van der Waals surface area contributed by atoms with Crippen LogP contribution in [0.1, 0.15) is 12.6 Å². The third-order valence-corrected chi connectivity index (χ3v) is 2.95.